The number of alkyl halides is 3. The first kappa shape index (κ1) is 16.2. The maximum atomic E-state index is 12.5. The second-order valence-corrected chi connectivity index (χ2v) is 7.52. The van der Waals surface area contributed by atoms with Crippen molar-refractivity contribution in [2.24, 2.45) is 10.9 Å². The second kappa shape index (κ2) is 6.08. The highest BCUT2D eigenvalue weighted by Crippen LogP contribution is 2.53. The zero-order chi connectivity index (χ0) is 15.9. The van der Waals surface area contributed by atoms with E-state index in [1.807, 2.05) is 6.07 Å². The Morgan fingerprint density at radius 1 is 1.36 bits per heavy atom. The van der Waals surface area contributed by atoms with Gasteiger partial charge in [-0.1, -0.05) is 37.4 Å². The van der Waals surface area contributed by atoms with E-state index in [0.717, 1.165) is 17.5 Å². The van der Waals surface area contributed by atoms with Crippen molar-refractivity contribution in [1.29, 1.82) is 0 Å². The lowest BCUT2D eigenvalue weighted by atomic mass is 10.0. The largest absolute Gasteiger partial charge is 0.447 e. The van der Waals surface area contributed by atoms with E-state index in [1.165, 1.54) is 19.3 Å². The predicted molar refractivity (Wildman–Crippen MR) is 86.3 cm³/mol. The Hall–Kier alpha value is -0.680. The van der Waals surface area contributed by atoms with Gasteiger partial charge in [-0.3, -0.25) is 0 Å². The molecule has 1 aromatic rings. The van der Waals surface area contributed by atoms with Gasteiger partial charge in [-0.25, -0.2) is 4.99 Å². The first-order valence-corrected chi connectivity index (χ1v) is 8.72. The molecular formula is C16H17ClF3NS. The molecule has 0 spiro atoms. The van der Waals surface area contributed by atoms with E-state index in [9.17, 15) is 13.2 Å². The van der Waals surface area contributed by atoms with E-state index >= 15 is 0 Å². The average Bonchev–Trinajstić information content (AvgIpc) is 3.07. The monoisotopic (exact) mass is 347 g/mol. The fourth-order valence-corrected chi connectivity index (χ4v) is 4.04. The Labute approximate surface area is 137 Å². The third-order valence-electron chi connectivity index (χ3n) is 4.27. The number of hydrogen-bond acceptors (Lipinski definition) is 2. The van der Waals surface area contributed by atoms with Gasteiger partial charge in [-0.15, -0.1) is 0 Å². The molecule has 2 atom stereocenters. The van der Waals surface area contributed by atoms with E-state index < -0.39 is 5.51 Å². The van der Waals surface area contributed by atoms with Gasteiger partial charge in [0.2, 0.25) is 0 Å². The minimum absolute atomic E-state index is 0.106. The molecule has 6 heteroatoms. The van der Waals surface area contributed by atoms with Gasteiger partial charge in [0.25, 0.3) is 0 Å². The van der Waals surface area contributed by atoms with Crippen LogP contribution in [0.2, 0.25) is 5.02 Å². The molecule has 0 saturated heterocycles. The van der Waals surface area contributed by atoms with Gasteiger partial charge in [0.1, 0.15) is 0 Å². The number of hydrogen-bond donors (Lipinski definition) is 0. The molecule has 0 radical (unpaired) electrons. The molecule has 0 aromatic heterocycles. The summed E-state index contributed by atoms with van der Waals surface area (Å²) < 4.78 is 37.4. The number of nitrogens with zero attached hydrogens (tertiary/aromatic N) is 1. The molecule has 1 heterocycles. The zero-order valence-electron chi connectivity index (χ0n) is 12.2. The molecule has 1 nitrogen and oxygen atoms in total. The van der Waals surface area contributed by atoms with Crippen molar-refractivity contribution < 1.29 is 13.2 Å². The number of unbranched alkanes of at least 4 members (excludes halogenated alkanes) is 1. The highest BCUT2D eigenvalue weighted by atomic mass is 35.5. The van der Waals surface area contributed by atoms with Gasteiger partial charge in [-0.05, 0) is 41.9 Å². The molecule has 0 amide bonds. The third kappa shape index (κ3) is 3.62. The van der Waals surface area contributed by atoms with Crippen LogP contribution in [-0.4, -0.2) is 10.6 Å². The predicted octanol–water partition coefficient (Wildman–Crippen LogP) is 6.47. The quantitative estimate of drug-likeness (QED) is 0.607. The lowest BCUT2D eigenvalue weighted by molar-refractivity contribution is -0.0316. The van der Waals surface area contributed by atoms with E-state index in [2.05, 4.69) is 11.9 Å². The molecule has 2 unspecified atom stereocenters. The SMILES string of the molecule is CCCCC1CC1c1cc2c(cc1Cl)N=C(SC(F)(F)F)C2. The van der Waals surface area contributed by atoms with E-state index in [-0.39, 0.29) is 23.2 Å². The zero-order valence-corrected chi connectivity index (χ0v) is 13.8. The summed E-state index contributed by atoms with van der Waals surface area (Å²) in [6.45, 7) is 2.18. The standard InChI is InChI=1S/C16H17ClF3NS/c1-2-3-4-9-5-11(9)12-6-10-7-15(22-16(18,19)20)21-14(10)8-13(12)17/h6,8-9,11H,2-5,7H2,1H3. The van der Waals surface area contributed by atoms with Crippen LogP contribution in [0.1, 0.15) is 49.7 Å². The summed E-state index contributed by atoms with van der Waals surface area (Å²) in [5, 5.41) is 0.749. The molecular weight excluding hydrogens is 331 g/mol. The van der Waals surface area contributed by atoms with Crippen LogP contribution < -0.4 is 0 Å². The molecule has 120 valence electrons. The molecule has 0 bridgehead atoms. The fourth-order valence-electron chi connectivity index (χ4n) is 3.10. The fraction of sp³-hybridized carbons (Fsp3) is 0.562. The van der Waals surface area contributed by atoms with E-state index in [4.69, 9.17) is 11.6 Å². The van der Waals surface area contributed by atoms with Crippen LogP contribution in [0, 0.1) is 5.92 Å². The molecule has 1 aromatic carbocycles. The lowest BCUT2D eigenvalue weighted by Crippen LogP contribution is -2.06. The van der Waals surface area contributed by atoms with Gasteiger partial charge in [-0.2, -0.15) is 13.2 Å². The van der Waals surface area contributed by atoms with Crippen molar-refractivity contribution >= 4 is 34.1 Å². The van der Waals surface area contributed by atoms with Gasteiger partial charge in [0.05, 0.1) is 10.7 Å². The molecule has 1 aliphatic carbocycles. The number of aliphatic imine (C=N–C) groups is 1. The maximum absolute atomic E-state index is 12.5. The second-order valence-electron chi connectivity index (χ2n) is 5.98. The van der Waals surface area contributed by atoms with Crippen LogP contribution >= 0.6 is 23.4 Å². The van der Waals surface area contributed by atoms with Crippen molar-refractivity contribution in [3.05, 3.63) is 28.3 Å². The van der Waals surface area contributed by atoms with E-state index in [0.29, 0.717) is 22.5 Å². The Morgan fingerprint density at radius 3 is 2.82 bits per heavy atom. The highest BCUT2D eigenvalue weighted by molar-refractivity contribution is 8.14. The highest BCUT2D eigenvalue weighted by Gasteiger charge is 2.39. The van der Waals surface area contributed by atoms with Crippen LogP contribution in [0.5, 0.6) is 0 Å². The lowest BCUT2D eigenvalue weighted by Gasteiger charge is -2.07. The summed E-state index contributed by atoms with van der Waals surface area (Å²) in [6.07, 6.45) is 5.02. The maximum Gasteiger partial charge on any atom is 0.447 e. The summed E-state index contributed by atoms with van der Waals surface area (Å²) in [5.74, 6) is 1.16. The van der Waals surface area contributed by atoms with E-state index in [1.54, 1.807) is 6.07 Å². The van der Waals surface area contributed by atoms with Gasteiger partial charge in [0, 0.05) is 23.2 Å². The van der Waals surface area contributed by atoms with Crippen molar-refractivity contribution in [1.82, 2.24) is 0 Å². The Bertz CT molecular complexity index is 612. The summed E-state index contributed by atoms with van der Waals surface area (Å²) in [6, 6.07) is 3.70. The molecule has 1 aliphatic heterocycles. The molecule has 1 fully saturated rings. The third-order valence-corrected chi connectivity index (χ3v) is 5.30. The first-order valence-electron chi connectivity index (χ1n) is 7.53. The summed E-state index contributed by atoms with van der Waals surface area (Å²) in [7, 11) is 0. The first-order chi connectivity index (χ1) is 10.4. The van der Waals surface area contributed by atoms with Gasteiger partial charge < -0.3 is 0 Å². The molecule has 3 rings (SSSR count). The summed E-state index contributed by atoms with van der Waals surface area (Å²) in [4.78, 5) is 4.06. The number of halogens is 4. The molecule has 0 N–H and O–H groups in total. The Kier molecular flexibility index (Phi) is 4.47. The summed E-state index contributed by atoms with van der Waals surface area (Å²) >= 11 is 6.20. The molecule has 22 heavy (non-hydrogen) atoms. The van der Waals surface area contributed by atoms with Crippen LogP contribution in [-0.2, 0) is 6.42 Å². The minimum atomic E-state index is -4.28. The number of rotatable bonds is 4. The number of thioether (sulfide) groups is 1. The topological polar surface area (TPSA) is 12.4 Å². The van der Waals surface area contributed by atoms with Gasteiger partial charge >= 0.3 is 5.51 Å². The van der Waals surface area contributed by atoms with Crippen molar-refractivity contribution in [2.75, 3.05) is 0 Å². The van der Waals surface area contributed by atoms with Gasteiger partial charge in [0.15, 0.2) is 0 Å². The van der Waals surface area contributed by atoms with Crippen LogP contribution in [0.25, 0.3) is 0 Å². The van der Waals surface area contributed by atoms with Crippen LogP contribution in [0.4, 0.5) is 18.9 Å². The Balaban J connectivity index is 1.72. The number of fused-ring (bicyclic) bond motifs is 1. The molecule has 1 saturated carbocycles. The average molecular weight is 348 g/mol. The minimum Gasteiger partial charge on any atom is -0.246 e. The van der Waals surface area contributed by atoms with Crippen LogP contribution in [0.15, 0.2) is 17.1 Å². The normalized spacial score (nSPS) is 23.4. The summed E-state index contributed by atoms with van der Waals surface area (Å²) in [5.41, 5.74) is -1.73. The van der Waals surface area contributed by atoms with Crippen molar-refractivity contribution in [3.8, 4) is 0 Å². The van der Waals surface area contributed by atoms with Crippen molar-refractivity contribution in [2.45, 2.75) is 50.5 Å². The van der Waals surface area contributed by atoms with Crippen molar-refractivity contribution in [3.63, 3.8) is 0 Å². The molecule has 2 aliphatic rings. The Morgan fingerprint density at radius 2 is 2.14 bits per heavy atom. The smallest absolute Gasteiger partial charge is 0.246 e. The number of benzene rings is 1. The van der Waals surface area contributed by atoms with Crippen LogP contribution in [0.3, 0.4) is 0 Å².